The summed E-state index contributed by atoms with van der Waals surface area (Å²) in [6.45, 7) is 4.68. The van der Waals surface area contributed by atoms with Crippen molar-refractivity contribution in [3.05, 3.63) is 17.0 Å². The molecule has 0 aliphatic rings. The molecule has 6 nitrogen and oxygen atoms in total. The van der Waals surface area contributed by atoms with Crippen LogP contribution in [0.5, 0.6) is 0 Å². The molecule has 6 heteroatoms. The lowest BCUT2D eigenvalue weighted by Gasteiger charge is -2.17. The summed E-state index contributed by atoms with van der Waals surface area (Å²) in [5.74, 6) is -0.117. The van der Waals surface area contributed by atoms with E-state index in [-0.39, 0.29) is 11.9 Å². The van der Waals surface area contributed by atoms with Crippen molar-refractivity contribution in [2.24, 2.45) is 12.8 Å². The second-order valence-electron chi connectivity index (χ2n) is 4.37. The summed E-state index contributed by atoms with van der Waals surface area (Å²) in [4.78, 5) is 12.2. The van der Waals surface area contributed by atoms with Crippen LogP contribution in [-0.4, -0.2) is 42.0 Å². The van der Waals surface area contributed by atoms with E-state index in [1.54, 1.807) is 11.8 Å². The first-order valence-electron chi connectivity index (χ1n) is 6.01. The third-order valence-electron chi connectivity index (χ3n) is 2.95. The first-order chi connectivity index (χ1) is 8.51. The molecular formula is C12H22N4O2. The number of nitrogens with one attached hydrogen (secondary N) is 1. The van der Waals surface area contributed by atoms with Gasteiger partial charge in [0, 0.05) is 19.9 Å². The number of carbonyl (C=O) groups is 1. The molecular weight excluding hydrogens is 232 g/mol. The SMILES string of the molecule is COCC(CCN)NC(=O)c1c(C)nn(C)c1C. The molecule has 0 aliphatic heterocycles. The van der Waals surface area contributed by atoms with Gasteiger partial charge in [-0.25, -0.2) is 0 Å². The minimum Gasteiger partial charge on any atom is -0.383 e. The Hall–Kier alpha value is -1.40. The predicted octanol–water partition coefficient (Wildman–Crippen LogP) is 0.131. The smallest absolute Gasteiger partial charge is 0.255 e. The number of hydrogen-bond acceptors (Lipinski definition) is 4. The quantitative estimate of drug-likeness (QED) is 0.756. The normalized spacial score (nSPS) is 12.5. The highest BCUT2D eigenvalue weighted by atomic mass is 16.5. The summed E-state index contributed by atoms with van der Waals surface area (Å²) < 4.78 is 6.77. The second kappa shape index (κ2) is 6.51. The fraction of sp³-hybridized carbons (Fsp3) is 0.667. The van der Waals surface area contributed by atoms with E-state index in [1.807, 2.05) is 20.9 Å². The maximum Gasteiger partial charge on any atom is 0.255 e. The van der Waals surface area contributed by atoms with E-state index >= 15 is 0 Å². The molecule has 1 aromatic rings. The molecule has 1 heterocycles. The van der Waals surface area contributed by atoms with Crippen LogP contribution in [0.3, 0.4) is 0 Å². The maximum absolute atomic E-state index is 12.2. The van der Waals surface area contributed by atoms with Crippen molar-refractivity contribution in [1.29, 1.82) is 0 Å². The fourth-order valence-electron chi connectivity index (χ4n) is 1.96. The summed E-state index contributed by atoms with van der Waals surface area (Å²) in [6.07, 6.45) is 0.692. The highest BCUT2D eigenvalue weighted by Crippen LogP contribution is 2.12. The Labute approximate surface area is 107 Å². The van der Waals surface area contributed by atoms with Crippen LogP contribution in [0.15, 0.2) is 0 Å². The number of nitrogens with zero attached hydrogens (tertiary/aromatic N) is 2. The van der Waals surface area contributed by atoms with Crippen molar-refractivity contribution in [2.75, 3.05) is 20.3 Å². The molecule has 1 atom stereocenters. The minimum absolute atomic E-state index is 0.0634. The van der Waals surface area contributed by atoms with E-state index < -0.39 is 0 Å². The highest BCUT2D eigenvalue weighted by Gasteiger charge is 2.20. The van der Waals surface area contributed by atoms with E-state index in [2.05, 4.69) is 10.4 Å². The lowest BCUT2D eigenvalue weighted by atomic mass is 10.1. The van der Waals surface area contributed by atoms with Crippen LogP contribution >= 0.6 is 0 Å². The summed E-state index contributed by atoms with van der Waals surface area (Å²) >= 11 is 0. The number of nitrogens with two attached hydrogens (primary N) is 1. The molecule has 0 aromatic carbocycles. The number of ether oxygens (including phenoxy) is 1. The van der Waals surface area contributed by atoms with E-state index in [4.69, 9.17) is 10.5 Å². The van der Waals surface area contributed by atoms with Crippen LogP contribution in [0, 0.1) is 13.8 Å². The predicted molar refractivity (Wildman–Crippen MR) is 69.5 cm³/mol. The third-order valence-corrected chi connectivity index (χ3v) is 2.95. The Morgan fingerprint density at radius 2 is 2.22 bits per heavy atom. The highest BCUT2D eigenvalue weighted by molar-refractivity contribution is 5.96. The molecule has 0 saturated carbocycles. The van der Waals surface area contributed by atoms with Crippen LogP contribution in [0.1, 0.15) is 28.2 Å². The number of carbonyl (C=O) groups excluding carboxylic acids is 1. The number of aryl methyl sites for hydroxylation is 2. The van der Waals surface area contributed by atoms with Gasteiger partial charge in [0.2, 0.25) is 0 Å². The van der Waals surface area contributed by atoms with Gasteiger partial charge in [0.25, 0.3) is 5.91 Å². The van der Waals surface area contributed by atoms with Crippen molar-refractivity contribution in [3.63, 3.8) is 0 Å². The summed E-state index contributed by atoms with van der Waals surface area (Å²) in [5.41, 5.74) is 7.74. The molecule has 1 aromatic heterocycles. The van der Waals surface area contributed by atoms with Crippen LogP contribution in [-0.2, 0) is 11.8 Å². The zero-order valence-electron chi connectivity index (χ0n) is 11.5. The number of hydrogen-bond donors (Lipinski definition) is 2. The van der Waals surface area contributed by atoms with Crippen molar-refractivity contribution in [2.45, 2.75) is 26.3 Å². The fourth-order valence-corrected chi connectivity index (χ4v) is 1.96. The molecule has 0 radical (unpaired) electrons. The van der Waals surface area contributed by atoms with Gasteiger partial charge in [0.05, 0.1) is 23.9 Å². The molecule has 0 bridgehead atoms. The lowest BCUT2D eigenvalue weighted by Crippen LogP contribution is -2.39. The molecule has 1 rings (SSSR count). The van der Waals surface area contributed by atoms with E-state index in [0.29, 0.717) is 25.1 Å². The average molecular weight is 254 g/mol. The molecule has 0 fully saturated rings. The van der Waals surface area contributed by atoms with Gasteiger partial charge in [-0.2, -0.15) is 5.10 Å². The Kier molecular flexibility index (Phi) is 5.30. The van der Waals surface area contributed by atoms with Gasteiger partial charge < -0.3 is 15.8 Å². The number of amides is 1. The molecule has 1 unspecified atom stereocenters. The molecule has 0 spiro atoms. The summed E-state index contributed by atoms with van der Waals surface area (Å²) in [7, 11) is 3.43. The molecule has 1 amide bonds. The van der Waals surface area contributed by atoms with Crippen LogP contribution in [0.2, 0.25) is 0 Å². The van der Waals surface area contributed by atoms with Gasteiger partial charge in [-0.05, 0) is 26.8 Å². The van der Waals surface area contributed by atoms with Crippen molar-refractivity contribution < 1.29 is 9.53 Å². The number of methoxy groups -OCH3 is 1. The molecule has 3 N–H and O–H groups in total. The molecule has 0 saturated heterocycles. The van der Waals surface area contributed by atoms with Crippen molar-refractivity contribution in [3.8, 4) is 0 Å². The maximum atomic E-state index is 12.2. The van der Waals surface area contributed by atoms with Gasteiger partial charge in [-0.1, -0.05) is 0 Å². The van der Waals surface area contributed by atoms with Gasteiger partial charge in [-0.15, -0.1) is 0 Å². The minimum atomic E-state index is -0.117. The Morgan fingerprint density at radius 1 is 1.56 bits per heavy atom. The van der Waals surface area contributed by atoms with E-state index in [1.165, 1.54) is 0 Å². The summed E-state index contributed by atoms with van der Waals surface area (Å²) in [6, 6.07) is -0.0634. The van der Waals surface area contributed by atoms with Crippen LogP contribution < -0.4 is 11.1 Å². The third kappa shape index (κ3) is 3.30. The zero-order chi connectivity index (χ0) is 13.7. The Balaban J connectivity index is 2.80. The topological polar surface area (TPSA) is 82.2 Å². The summed E-state index contributed by atoms with van der Waals surface area (Å²) in [5, 5.41) is 7.16. The van der Waals surface area contributed by atoms with Crippen molar-refractivity contribution in [1.82, 2.24) is 15.1 Å². The second-order valence-corrected chi connectivity index (χ2v) is 4.37. The van der Waals surface area contributed by atoms with E-state index in [0.717, 1.165) is 11.4 Å². The molecule has 102 valence electrons. The van der Waals surface area contributed by atoms with E-state index in [9.17, 15) is 4.79 Å². The number of rotatable bonds is 6. The van der Waals surface area contributed by atoms with Crippen LogP contribution in [0.4, 0.5) is 0 Å². The van der Waals surface area contributed by atoms with Gasteiger partial charge >= 0.3 is 0 Å². The largest absolute Gasteiger partial charge is 0.383 e. The molecule has 0 aliphatic carbocycles. The van der Waals surface area contributed by atoms with Gasteiger partial charge in [0.15, 0.2) is 0 Å². The first-order valence-corrected chi connectivity index (χ1v) is 6.01. The Bertz CT molecular complexity index is 408. The Morgan fingerprint density at radius 3 is 2.67 bits per heavy atom. The lowest BCUT2D eigenvalue weighted by molar-refractivity contribution is 0.0892. The zero-order valence-corrected chi connectivity index (χ0v) is 11.5. The van der Waals surface area contributed by atoms with Gasteiger partial charge in [-0.3, -0.25) is 9.48 Å². The average Bonchev–Trinajstić information content (AvgIpc) is 2.53. The first kappa shape index (κ1) is 14.7. The van der Waals surface area contributed by atoms with Crippen molar-refractivity contribution >= 4 is 5.91 Å². The van der Waals surface area contributed by atoms with Crippen LogP contribution in [0.25, 0.3) is 0 Å². The monoisotopic (exact) mass is 254 g/mol. The number of aromatic nitrogens is 2. The molecule has 18 heavy (non-hydrogen) atoms. The standard InChI is InChI=1S/C12H22N4O2/c1-8-11(9(2)16(3)15-8)12(17)14-10(5-6-13)7-18-4/h10H,5-7,13H2,1-4H3,(H,14,17). The van der Waals surface area contributed by atoms with Gasteiger partial charge in [0.1, 0.15) is 0 Å².